The van der Waals surface area contributed by atoms with E-state index >= 15 is 0 Å². The quantitative estimate of drug-likeness (QED) is 0.643. The summed E-state index contributed by atoms with van der Waals surface area (Å²) >= 11 is 0. The normalized spacial score (nSPS) is 11.0. The topological polar surface area (TPSA) is 84.5 Å². The number of hydrogen-bond acceptors (Lipinski definition) is 4. The van der Waals surface area contributed by atoms with Crippen molar-refractivity contribution in [3.8, 4) is 0 Å². The number of carbonyl (C=O) groups excluding carboxylic acids is 3. The molecule has 6 heteroatoms. The number of nitrogens with one attached hydrogen (secondary N) is 2. The molecule has 2 aromatic carbocycles. The molecule has 0 bridgehead atoms. The highest BCUT2D eigenvalue weighted by molar-refractivity contribution is 6.06. The van der Waals surface area contributed by atoms with Gasteiger partial charge in [0.2, 0.25) is 5.91 Å². The first kappa shape index (κ1) is 23.1. The summed E-state index contributed by atoms with van der Waals surface area (Å²) in [7, 11) is 0. The number of ether oxygens (including phenoxy) is 1. The lowest BCUT2D eigenvalue weighted by molar-refractivity contribution is -0.123. The van der Waals surface area contributed by atoms with Crippen LogP contribution in [0.5, 0.6) is 0 Å². The van der Waals surface area contributed by atoms with E-state index in [9.17, 15) is 14.4 Å². The second-order valence-electron chi connectivity index (χ2n) is 8.35. The summed E-state index contributed by atoms with van der Waals surface area (Å²) in [4.78, 5) is 37.0. The van der Waals surface area contributed by atoms with E-state index in [2.05, 4.69) is 10.6 Å². The SMILES string of the molecule is Cc1cc(NC(=O)C(C)(C)C)c(C(=O)CCNC(=O)OCc2ccccc2)cc1C. The molecule has 0 heterocycles. The van der Waals surface area contributed by atoms with Gasteiger partial charge in [-0.1, -0.05) is 51.1 Å². The number of aryl methyl sites for hydroxylation is 2. The Bertz CT molecular complexity index is 915. The van der Waals surface area contributed by atoms with Crippen LogP contribution in [0.4, 0.5) is 10.5 Å². The van der Waals surface area contributed by atoms with Crippen molar-refractivity contribution in [2.24, 2.45) is 5.41 Å². The largest absolute Gasteiger partial charge is 0.445 e. The van der Waals surface area contributed by atoms with Gasteiger partial charge in [-0.05, 0) is 42.7 Å². The van der Waals surface area contributed by atoms with Gasteiger partial charge in [-0.25, -0.2) is 4.79 Å². The molecule has 0 aliphatic carbocycles. The predicted octanol–water partition coefficient (Wildman–Crippen LogP) is 4.79. The Morgan fingerprint density at radius 3 is 2.23 bits per heavy atom. The highest BCUT2D eigenvalue weighted by atomic mass is 16.5. The molecule has 0 aromatic heterocycles. The van der Waals surface area contributed by atoms with Gasteiger partial charge in [-0.2, -0.15) is 0 Å². The molecule has 2 amide bonds. The van der Waals surface area contributed by atoms with Crippen molar-refractivity contribution in [2.75, 3.05) is 11.9 Å². The molecule has 2 rings (SSSR count). The Morgan fingerprint density at radius 1 is 0.967 bits per heavy atom. The molecule has 6 nitrogen and oxygen atoms in total. The maximum absolute atomic E-state index is 12.8. The molecule has 2 N–H and O–H groups in total. The Kier molecular flexibility index (Phi) is 7.75. The van der Waals surface area contributed by atoms with Gasteiger partial charge in [0.1, 0.15) is 6.61 Å². The highest BCUT2D eigenvalue weighted by Crippen LogP contribution is 2.25. The number of anilines is 1. The Hall–Kier alpha value is -3.15. The zero-order valence-electron chi connectivity index (χ0n) is 18.3. The fourth-order valence-corrected chi connectivity index (χ4v) is 2.65. The van der Waals surface area contributed by atoms with Gasteiger partial charge in [0.05, 0.1) is 5.69 Å². The third-order valence-electron chi connectivity index (χ3n) is 4.70. The Morgan fingerprint density at radius 2 is 1.60 bits per heavy atom. The van der Waals surface area contributed by atoms with E-state index in [0.717, 1.165) is 16.7 Å². The van der Waals surface area contributed by atoms with Crippen LogP contribution in [0.3, 0.4) is 0 Å². The molecule has 0 aliphatic rings. The maximum Gasteiger partial charge on any atom is 0.407 e. The monoisotopic (exact) mass is 410 g/mol. The molecule has 0 atom stereocenters. The van der Waals surface area contributed by atoms with Crippen molar-refractivity contribution >= 4 is 23.5 Å². The van der Waals surface area contributed by atoms with Gasteiger partial charge in [0.25, 0.3) is 0 Å². The van der Waals surface area contributed by atoms with Gasteiger partial charge >= 0.3 is 6.09 Å². The summed E-state index contributed by atoms with van der Waals surface area (Å²) in [6.45, 7) is 9.61. The van der Waals surface area contributed by atoms with Crippen LogP contribution in [0.1, 0.15) is 54.2 Å². The molecule has 0 radical (unpaired) electrons. The number of hydrogen-bond donors (Lipinski definition) is 2. The van der Waals surface area contributed by atoms with Crippen LogP contribution in [0.2, 0.25) is 0 Å². The molecular formula is C24H30N2O4. The van der Waals surface area contributed by atoms with E-state index in [1.807, 2.05) is 71.0 Å². The second-order valence-corrected chi connectivity index (χ2v) is 8.35. The third kappa shape index (κ3) is 6.72. The smallest absolute Gasteiger partial charge is 0.407 e. The minimum Gasteiger partial charge on any atom is -0.445 e. The molecule has 0 unspecified atom stereocenters. The zero-order chi connectivity index (χ0) is 22.3. The molecular weight excluding hydrogens is 380 g/mol. The lowest BCUT2D eigenvalue weighted by Gasteiger charge is -2.20. The van der Waals surface area contributed by atoms with Crippen molar-refractivity contribution in [1.82, 2.24) is 5.32 Å². The maximum atomic E-state index is 12.8. The number of alkyl carbamates (subject to hydrolysis) is 1. The number of ketones is 1. The molecule has 0 saturated heterocycles. The summed E-state index contributed by atoms with van der Waals surface area (Å²) in [5.41, 5.74) is 3.19. The molecule has 30 heavy (non-hydrogen) atoms. The first-order valence-electron chi connectivity index (χ1n) is 9.98. The standard InChI is InChI=1S/C24H30N2O4/c1-16-13-19(20(14-17(16)2)26-22(28)24(3,4)5)21(27)11-12-25-23(29)30-15-18-9-7-6-8-10-18/h6-10,13-14H,11-12,15H2,1-5H3,(H,25,29)(H,26,28). The van der Waals surface area contributed by atoms with Crippen LogP contribution in [0, 0.1) is 19.3 Å². The number of Topliss-reactive ketones (excluding diaryl/α,β-unsaturated/α-hetero) is 1. The third-order valence-corrected chi connectivity index (χ3v) is 4.70. The average molecular weight is 411 g/mol. The Balaban J connectivity index is 1.96. The van der Waals surface area contributed by atoms with Crippen molar-refractivity contribution in [2.45, 2.75) is 47.6 Å². The van der Waals surface area contributed by atoms with Crippen LogP contribution >= 0.6 is 0 Å². The summed E-state index contributed by atoms with van der Waals surface area (Å²) in [5.74, 6) is -0.326. The summed E-state index contributed by atoms with van der Waals surface area (Å²) < 4.78 is 5.15. The van der Waals surface area contributed by atoms with Gasteiger partial charge in [-0.15, -0.1) is 0 Å². The van der Waals surface area contributed by atoms with Crippen LogP contribution in [-0.4, -0.2) is 24.3 Å². The van der Waals surface area contributed by atoms with E-state index in [1.54, 1.807) is 6.07 Å². The van der Waals surface area contributed by atoms with Gasteiger partial charge in [0, 0.05) is 23.9 Å². The minimum atomic E-state index is -0.580. The number of amides is 2. The van der Waals surface area contributed by atoms with Crippen molar-refractivity contribution in [3.05, 3.63) is 64.7 Å². The van der Waals surface area contributed by atoms with E-state index in [-0.39, 0.29) is 31.3 Å². The lowest BCUT2D eigenvalue weighted by atomic mass is 9.94. The van der Waals surface area contributed by atoms with Crippen molar-refractivity contribution in [3.63, 3.8) is 0 Å². The average Bonchev–Trinajstić information content (AvgIpc) is 2.69. The van der Waals surface area contributed by atoms with Crippen LogP contribution in [-0.2, 0) is 16.1 Å². The Labute approximate surface area is 178 Å². The first-order valence-corrected chi connectivity index (χ1v) is 9.98. The molecule has 2 aromatic rings. The second kappa shape index (κ2) is 10.1. The highest BCUT2D eigenvalue weighted by Gasteiger charge is 2.23. The first-order chi connectivity index (χ1) is 14.1. The van der Waals surface area contributed by atoms with Gasteiger partial charge in [-0.3, -0.25) is 9.59 Å². The summed E-state index contributed by atoms with van der Waals surface area (Å²) in [5, 5.41) is 5.46. The molecule has 0 fully saturated rings. The summed E-state index contributed by atoms with van der Waals surface area (Å²) in [6, 6.07) is 13.0. The van der Waals surface area contributed by atoms with Crippen LogP contribution < -0.4 is 10.6 Å². The van der Waals surface area contributed by atoms with Crippen LogP contribution in [0.15, 0.2) is 42.5 Å². The van der Waals surface area contributed by atoms with E-state index in [4.69, 9.17) is 4.74 Å². The molecule has 0 aliphatic heterocycles. The molecule has 160 valence electrons. The van der Waals surface area contributed by atoms with E-state index in [0.29, 0.717) is 11.3 Å². The number of carbonyl (C=O) groups is 3. The zero-order valence-corrected chi connectivity index (χ0v) is 18.3. The number of benzene rings is 2. The molecule has 0 saturated carbocycles. The predicted molar refractivity (Wildman–Crippen MR) is 118 cm³/mol. The van der Waals surface area contributed by atoms with Gasteiger partial charge < -0.3 is 15.4 Å². The molecule has 0 spiro atoms. The van der Waals surface area contributed by atoms with E-state index in [1.165, 1.54) is 0 Å². The fourth-order valence-electron chi connectivity index (χ4n) is 2.65. The van der Waals surface area contributed by atoms with Crippen molar-refractivity contribution in [1.29, 1.82) is 0 Å². The fraction of sp³-hybridized carbons (Fsp3) is 0.375. The summed E-state index contributed by atoms with van der Waals surface area (Å²) in [6.07, 6.45) is -0.477. The van der Waals surface area contributed by atoms with Crippen molar-refractivity contribution < 1.29 is 19.1 Å². The van der Waals surface area contributed by atoms with Crippen LogP contribution in [0.25, 0.3) is 0 Å². The van der Waals surface area contributed by atoms with E-state index < -0.39 is 11.5 Å². The number of rotatable bonds is 7. The minimum absolute atomic E-state index is 0.0985. The van der Waals surface area contributed by atoms with Gasteiger partial charge in [0.15, 0.2) is 5.78 Å². The lowest BCUT2D eigenvalue weighted by Crippen LogP contribution is -2.29.